The fraction of sp³-hybridized carbons (Fsp3) is 0.556. The minimum absolute atomic E-state index is 0.567. The molecule has 0 unspecified atom stereocenters. The van der Waals surface area contributed by atoms with Crippen molar-refractivity contribution >= 4 is 5.82 Å². The summed E-state index contributed by atoms with van der Waals surface area (Å²) in [6.45, 7) is 0.891. The lowest BCUT2D eigenvalue weighted by Crippen LogP contribution is -1.99. The summed E-state index contributed by atoms with van der Waals surface area (Å²) in [4.78, 5) is 0. The van der Waals surface area contributed by atoms with Gasteiger partial charge in [-0.25, -0.2) is 0 Å². The smallest absolute Gasteiger partial charge is 0.145 e. The van der Waals surface area contributed by atoms with Gasteiger partial charge in [-0.15, -0.1) is 0 Å². The van der Waals surface area contributed by atoms with Crippen LogP contribution in [0.5, 0.6) is 0 Å². The maximum Gasteiger partial charge on any atom is 0.145 e. The number of nitriles is 1. The number of nitrogen functional groups attached to an aromatic ring is 1. The molecule has 0 fully saturated rings. The molecule has 0 bridgehead atoms. The van der Waals surface area contributed by atoms with Crippen LogP contribution in [-0.2, 0) is 6.54 Å². The Bertz CT molecular complexity index is 284. The molecule has 0 atom stereocenters. The lowest BCUT2D eigenvalue weighted by Gasteiger charge is -1.99. The first kappa shape index (κ1) is 9.59. The highest BCUT2D eigenvalue weighted by Crippen LogP contribution is 2.02. The van der Waals surface area contributed by atoms with Crippen molar-refractivity contribution < 1.29 is 0 Å². The molecule has 1 aromatic heterocycles. The molecule has 4 heteroatoms. The molecule has 70 valence electrons. The molecule has 0 amide bonds. The summed E-state index contributed by atoms with van der Waals surface area (Å²) in [6.07, 6.45) is 5.64. The monoisotopic (exact) mass is 178 g/mol. The van der Waals surface area contributed by atoms with Gasteiger partial charge < -0.3 is 5.73 Å². The van der Waals surface area contributed by atoms with E-state index in [-0.39, 0.29) is 0 Å². The summed E-state index contributed by atoms with van der Waals surface area (Å²) in [5.74, 6) is 0.567. The number of nitrogens with zero attached hydrogens (tertiary/aromatic N) is 3. The third-order valence-electron chi connectivity index (χ3n) is 1.84. The number of nitrogens with two attached hydrogens (primary N) is 1. The summed E-state index contributed by atoms with van der Waals surface area (Å²) in [5.41, 5.74) is 5.46. The van der Waals surface area contributed by atoms with Crippen LogP contribution < -0.4 is 5.73 Å². The number of aryl methyl sites for hydroxylation is 1. The number of hydrogen-bond donors (Lipinski definition) is 1. The van der Waals surface area contributed by atoms with Crippen LogP contribution in [0.4, 0.5) is 5.82 Å². The highest BCUT2D eigenvalue weighted by Gasteiger charge is 1.94. The fourth-order valence-corrected chi connectivity index (χ4v) is 1.16. The molecule has 0 aliphatic heterocycles. The Morgan fingerprint density at radius 3 is 2.92 bits per heavy atom. The van der Waals surface area contributed by atoms with Gasteiger partial charge in [-0.1, -0.05) is 6.42 Å². The first-order chi connectivity index (χ1) is 6.33. The molecule has 2 N–H and O–H groups in total. The molecule has 0 aromatic carbocycles. The van der Waals surface area contributed by atoms with Gasteiger partial charge in [-0.3, -0.25) is 4.68 Å². The van der Waals surface area contributed by atoms with Crippen molar-refractivity contribution in [2.24, 2.45) is 0 Å². The van der Waals surface area contributed by atoms with Gasteiger partial charge in [-0.2, -0.15) is 10.4 Å². The molecule has 0 spiro atoms. The Morgan fingerprint density at radius 2 is 2.31 bits per heavy atom. The van der Waals surface area contributed by atoms with E-state index in [1.807, 2.05) is 10.9 Å². The Kier molecular flexibility index (Phi) is 3.83. The zero-order chi connectivity index (χ0) is 9.52. The molecule has 0 aliphatic carbocycles. The molecule has 1 aromatic rings. The average Bonchev–Trinajstić information content (AvgIpc) is 2.51. The van der Waals surface area contributed by atoms with Gasteiger partial charge in [0.25, 0.3) is 0 Å². The van der Waals surface area contributed by atoms with Gasteiger partial charge in [0.05, 0.1) is 6.07 Å². The van der Waals surface area contributed by atoms with E-state index >= 15 is 0 Å². The minimum atomic E-state index is 0.567. The molecule has 1 heterocycles. The van der Waals surface area contributed by atoms with Crippen LogP contribution in [0.15, 0.2) is 12.3 Å². The van der Waals surface area contributed by atoms with Gasteiger partial charge in [-0.05, 0) is 18.9 Å². The predicted molar refractivity (Wildman–Crippen MR) is 50.7 cm³/mol. The maximum atomic E-state index is 8.30. The number of hydrogen-bond acceptors (Lipinski definition) is 3. The quantitative estimate of drug-likeness (QED) is 0.695. The third-order valence-corrected chi connectivity index (χ3v) is 1.84. The lowest BCUT2D eigenvalue weighted by molar-refractivity contribution is 0.548. The Hall–Kier alpha value is -1.50. The highest BCUT2D eigenvalue weighted by molar-refractivity contribution is 5.23. The van der Waals surface area contributed by atoms with Crippen molar-refractivity contribution in [1.82, 2.24) is 9.78 Å². The first-order valence-corrected chi connectivity index (χ1v) is 4.49. The van der Waals surface area contributed by atoms with E-state index in [0.717, 1.165) is 25.8 Å². The van der Waals surface area contributed by atoms with Crippen LogP contribution >= 0.6 is 0 Å². The second-order valence-electron chi connectivity index (χ2n) is 2.97. The second-order valence-corrected chi connectivity index (χ2v) is 2.97. The Balaban J connectivity index is 2.10. The van der Waals surface area contributed by atoms with Gasteiger partial charge in [0.15, 0.2) is 0 Å². The van der Waals surface area contributed by atoms with Gasteiger partial charge in [0.1, 0.15) is 5.82 Å². The normalized spacial score (nSPS) is 9.77. The van der Waals surface area contributed by atoms with Crippen LogP contribution in [0.3, 0.4) is 0 Å². The fourth-order valence-electron chi connectivity index (χ4n) is 1.16. The van der Waals surface area contributed by atoms with Gasteiger partial charge in [0, 0.05) is 19.2 Å². The van der Waals surface area contributed by atoms with Crippen molar-refractivity contribution in [3.8, 4) is 6.07 Å². The number of unbranched alkanes of at least 4 members (excludes halogenated alkanes) is 3. The minimum Gasteiger partial charge on any atom is -0.382 e. The first-order valence-electron chi connectivity index (χ1n) is 4.49. The Labute approximate surface area is 78.0 Å². The highest BCUT2D eigenvalue weighted by atomic mass is 15.3. The molecule has 0 saturated carbocycles. The predicted octanol–water partition coefficient (Wildman–Crippen LogP) is 1.55. The largest absolute Gasteiger partial charge is 0.382 e. The number of anilines is 1. The maximum absolute atomic E-state index is 8.30. The van der Waals surface area contributed by atoms with E-state index in [1.165, 1.54) is 0 Å². The van der Waals surface area contributed by atoms with E-state index in [1.54, 1.807) is 6.07 Å². The number of aromatic nitrogens is 2. The van der Waals surface area contributed by atoms with Gasteiger partial charge >= 0.3 is 0 Å². The molecule has 1 rings (SSSR count). The van der Waals surface area contributed by atoms with Crippen molar-refractivity contribution in [2.75, 3.05) is 5.73 Å². The summed E-state index contributed by atoms with van der Waals surface area (Å²) < 4.78 is 1.84. The zero-order valence-corrected chi connectivity index (χ0v) is 7.61. The summed E-state index contributed by atoms with van der Waals surface area (Å²) in [5, 5.41) is 12.4. The number of rotatable bonds is 5. The topological polar surface area (TPSA) is 67.6 Å². The van der Waals surface area contributed by atoms with Crippen LogP contribution in [0.2, 0.25) is 0 Å². The summed E-state index contributed by atoms with van der Waals surface area (Å²) >= 11 is 0. The van der Waals surface area contributed by atoms with Crippen molar-refractivity contribution in [2.45, 2.75) is 32.2 Å². The van der Waals surface area contributed by atoms with Crippen molar-refractivity contribution in [3.63, 3.8) is 0 Å². The van der Waals surface area contributed by atoms with E-state index in [2.05, 4.69) is 11.2 Å². The molecule has 0 saturated heterocycles. The molecule has 4 nitrogen and oxygen atoms in total. The summed E-state index contributed by atoms with van der Waals surface area (Å²) in [6, 6.07) is 3.92. The van der Waals surface area contributed by atoms with E-state index in [0.29, 0.717) is 12.2 Å². The van der Waals surface area contributed by atoms with Crippen molar-refractivity contribution in [1.29, 1.82) is 5.26 Å². The van der Waals surface area contributed by atoms with Crippen LogP contribution in [0, 0.1) is 11.3 Å². The zero-order valence-electron chi connectivity index (χ0n) is 7.61. The van der Waals surface area contributed by atoms with Crippen molar-refractivity contribution in [3.05, 3.63) is 12.3 Å². The SMILES string of the molecule is N#CCCCCCn1ccc(N)n1. The molecule has 0 aliphatic rings. The molecule has 0 radical (unpaired) electrons. The molecular weight excluding hydrogens is 164 g/mol. The average molecular weight is 178 g/mol. The molecular formula is C9H14N4. The van der Waals surface area contributed by atoms with E-state index < -0.39 is 0 Å². The standard InChI is InChI=1S/C9H14N4/c10-6-3-1-2-4-7-13-8-5-9(11)12-13/h5,8H,1-4,7H2,(H2,11,12). The lowest BCUT2D eigenvalue weighted by atomic mass is 10.2. The van der Waals surface area contributed by atoms with E-state index in [4.69, 9.17) is 11.0 Å². The van der Waals surface area contributed by atoms with Crippen LogP contribution in [0.25, 0.3) is 0 Å². The van der Waals surface area contributed by atoms with Crippen LogP contribution in [0.1, 0.15) is 25.7 Å². The van der Waals surface area contributed by atoms with E-state index in [9.17, 15) is 0 Å². The molecule has 13 heavy (non-hydrogen) atoms. The summed E-state index contributed by atoms with van der Waals surface area (Å²) in [7, 11) is 0. The van der Waals surface area contributed by atoms with Crippen LogP contribution in [-0.4, -0.2) is 9.78 Å². The van der Waals surface area contributed by atoms with Gasteiger partial charge in [0.2, 0.25) is 0 Å². The second kappa shape index (κ2) is 5.20. The third kappa shape index (κ3) is 3.61. The Morgan fingerprint density at radius 1 is 1.46 bits per heavy atom.